The fraction of sp³-hybridized carbons (Fsp3) is 0.107. The van der Waals surface area contributed by atoms with Crippen molar-refractivity contribution < 1.29 is 20.1 Å². The minimum atomic E-state index is 0. The number of aryl methyl sites for hydroxylation is 8. The maximum absolute atomic E-state index is 4.97. The van der Waals surface area contributed by atoms with Crippen LogP contribution in [-0.2, 0) is 20.1 Å². The standard InChI is InChI=1S/C71H56N5.2C30H24N3.Ir/c1-5-49(54-40-47(3)70(48(4)41-54)73-38-37-72-71(73)53-33-36-68-63(45-53)60-27-13-16-29-65(60)75(68)56-22-10-7-11-23-56)39-46(2)50-31-34-69-61(43-50)58-25-14-17-30-66(58)76(69)57-24-18-19-51(42-57)52-32-35-67-62(44-52)59-26-12-15-28-64(59)74(67)55-20-8-6-9-21-55;2*1-20-17-21(2)29(22(3)18-20)32-16-15-31-30(32)23-13-14-28-26(19-23)25-11-7-8-12-27(25)33(28)24-9-5-4-6-10-24;/h6-32,34-38,40-46,49H,5,39H2,1-4H3;2*4-12,14-19H,1-3H3;/q3*-1;+3. The van der Waals surface area contributed by atoms with E-state index in [1.165, 1.54) is 182 Å². The van der Waals surface area contributed by atoms with Gasteiger partial charge in [0.2, 0.25) is 0 Å². The molecule has 0 spiro atoms. The third kappa shape index (κ3) is 16.0. The summed E-state index contributed by atoms with van der Waals surface area (Å²) in [5, 5.41) is 12.4. The van der Waals surface area contributed by atoms with Crippen molar-refractivity contribution in [2.75, 3.05) is 0 Å². The summed E-state index contributed by atoms with van der Waals surface area (Å²) in [5.41, 5.74) is 39.3. The van der Waals surface area contributed by atoms with Crippen molar-refractivity contribution in [1.29, 1.82) is 0 Å². The van der Waals surface area contributed by atoms with Gasteiger partial charge in [-0.2, -0.15) is 0 Å². The molecule has 0 aliphatic heterocycles. The molecule has 0 N–H and O–H groups in total. The SMILES string of the molecule is CCC(CC(C)c1ccc2c(c1)c1ccccc1n2-c1cccc(-c2ccc3c(c2)c2ccccc2n3-c2ccccc2)c1)c1cc(C)c(-n2ccnc2-c2[c-]cc3c(c2)c2ccccc2n3-c2ccccc2)c(C)c1.Cc1cc(C)c(-n2ccnc2-c2[c-]cc3c(c2)c2ccccc2n3-c2ccccc2)c(C)c1.Cc1cc(C)c(-n2ccnc2-c2[c-]cc3c(c2)c2ccccc2n3-c2ccccc2)c(C)c1.[Ir+3]. The molecule has 0 saturated carbocycles. The zero-order valence-corrected chi connectivity index (χ0v) is 84.0. The van der Waals surface area contributed by atoms with Gasteiger partial charge in [0.15, 0.2) is 0 Å². The fourth-order valence-corrected chi connectivity index (χ4v) is 23.0. The van der Waals surface area contributed by atoms with Crippen LogP contribution in [0.4, 0.5) is 0 Å². The zero-order valence-electron chi connectivity index (χ0n) is 81.6. The predicted molar refractivity (Wildman–Crippen MR) is 591 cm³/mol. The summed E-state index contributed by atoms with van der Waals surface area (Å²) in [6, 6.07) is 147. The summed E-state index contributed by atoms with van der Waals surface area (Å²) in [6.07, 6.45) is 14.0. The van der Waals surface area contributed by atoms with Crippen molar-refractivity contribution in [1.82, 2.24) is 51.5 Å². The molecule has 0 fully saturated rings. The second kappa shape index (κ2) is 37.4. The maximum Gasteiger partial charge on any atom is 3.00 e. The number of benzene rings is 18. The average molecular weight is 2020 g/mol. The molecule has 18 aromatic carbocycles. The van der Waals surface area contributed by atoms with Gasteiger partial charge in [-0.25, -0.2) is 0 Å². The minimum absolute atomic E-state index is 0. The first-order chi connectivity index (χ1) is 69.6. The van der Waals surface area contributed by atoms with E-state index < -0.39 is 0 Å². The minimum Gasteiger partial charge on any atom is -0.351 e. The number of nitrogens with zero attached hydrogens (tertiary/aromatic N) is 11. The molecule has 26 rings (SSSR count). The topological polar surface area (TPSA) is 78.1 Å². The molecule has 8 aromatic heterocycles. The van der Waals surface area contributed by atoms with Crippen LogP contribution in [0.3, 0.4) is 0 Å². The van der Waals surface area contributed by atoms with Crippen LogP contribution in [-0.4, -0.2) is 51.5 Å². The van der Waals surface area contributed by atoms with Crippen molar-refractivity contribution in [2.24, 2.45) is 0 Å². The molecular weight excluding hydrogens is 1920 g/mol. The molecule has 692 valence electrons. The average Bonchev–Trinajstić information content (AvgIpc) is 1.59. The predicted octanol–water partition coefficient (Wildman–Crippen LogP) is 33.3. The molecule has 0 saturated heterocycles. The van der Waals surface area contributed by atoms with E-state index in [9.17, 15) is 0 Å². The van der Waals surface area contributed by atoms with E-state index in [1.54, 1.807) is 0 Å². The molecule has 0 radical (unpaired) electrons. The van der Waals surface area contributed by atoms with Gasteiger partial charge in [0.25, 0.3) is 0 Å². The van der Waals surface area contributed by atoms with Crippen LogP contribution in [0, 0.1) is 73.6 Å². The van der Waals surface area contributed by atoms with Gasteiger partial charge >= 0.3 is 20.1 Å². The third-order valence-electron chi connectivity index (χ3n) is 29.0. The quantitative estimate of drug-likeness (QED) is 0.0852. The molecule has 8 heterocycles. The molecule has 0 aliphatic carbocycles. The molecule has 2 atom stereocenters. The van der Waals surface area contributed by atoms with E-state index in [1.807, 2.05) is 31.0 Å². The van der Waals surface area contributed by atoms with Crippen molar-refractivity contribution in [3.05, 3.63) is 487 Å². The van der Waals surface area contributed by atoms with E-state index in [-0.39, 0.29) is 20.1 Å². The van der Waals surface area contributed by atoms with Gasteiger partial charge in [-0.05, 0) is 284 Å². The number of para-hydroxylation sites is 9. The number of imidazole rings is 3. The largest absolute Gasteiger partial charge is 3.00 e. The van der Waals surface area contributed by atoms with Gasteiger partial charge in [-0.3, -0.25) is 15.0 Å². The smallest absolute Gasteiger partial charge is 0.351 e. The summed E-state index contributed by atoms with van der Waals surface area (Å²) in [6.45, 7) is 22.2. The Morgan fingerprint density at radius 3 is 0.895 bits per heavy atom. The Morgan fingerprint density at radius 2 is 0.538 bits per heavy atom. The summed E-state index contributed by atoms with van der Waals surface area (Å²) >= 11 is 0. The Bertz CT molecular complexity index is 9060. The van der Waals surface area contributed by atoms with Crippen LogP contribution in [0.1, 0.15) is 94.2 Å². The zero-order chi connectivity index (χ0) is 96.1. The van der Waals surface area contributed by atoms with Crippen molar-refractivity contribution >= 4 is 109 Å². The van der Waals surface area contributed by atoms with E-state index in [4.69, 9.17) is 15.0 Å². The molecule has 12 heteroatoms. The fourth-order valence-electron chi connectivity index (χ4n) is 23.0. The summed E-state index contributed by atoms with van der Waals surface area (Å²) in [4.78, 5) is 14.5. The van der Waals surface area contributed by atoms with E-state index >= 15 is 0 Å². The number of hydrogen-bond acceptors (Lipinski definition) is 3. The van der Waals surface area contributed by atoms with Crippen molar-refractivity contribution in [3.63, 3.8) is 0 Å². The first kappa shape index (κ1) is 90.1. The maximum atomic E-state index is 4.97. The molecule has 2 unspecified atom stereocenters. The second-order valence-corrected chi connectivity index (χ2v) is 38.2. The first-order valence-electron chi connectivity index (χ1n) is 49.3. The van der Waals surface area contributed by atoms with E-state index in [0.29, 0.717) is 11.8 Å². The van der Waals surface area contributed by atoms with Crippen LogP contribution >= 0.6 is 0 Å². The number of rotatable bonds is 17. The Labute approximate surface area is 846 Å². The van der Waals surface area contributed by atoms with Crippen molar-refractivity contribution in [3.8, 4) is 90.8 Å². The van der Waals surface area contributed by atoms with Gasteiger partial charge in [0.1, 0.15) is 0 Å². The molecule has 143 heavy (non-hydrogen) atoms. The van der Waals surface area contributed by atoms with E-state index in [2.05, 4.69) is 506 Å². The Morgan fingerprint density at radius 1 is 0.252 bits per heavy atom. The summed E-state index contributed by atoms with van der Waals surface area (Å²) < 4.78 is 18.4. The van der Waals surface area contributed by atoms with Crippen LogP contribution < -0.4 is 0 Å². The number of aromatic nitrogens is 11. The van der Waals surface area contributed by atoms with Crippen molar-refractivity contribution in [2.45, 2.75) is 93.9 Å². The molecular formula is C131H104IrN11. The molecule has 0 aliphatic rings. The molecule has 0 amide bonds. The number of hydrogen-bond donors (Lipinski definition) is 0. The van der Waals surface area contributed by atoms with Crippen LogP contribution in [0.15, 0.2) is 413 Å². The normalized spacial score (nSPS) is 12.1. The Balaban J connectivity index is 0.000000139. The summed E-state index contributed by atoms with van der Waals surface area (Å²) in [5.74, 6) is 3.45. The van der Waals surface area contributed by atoms with Crippen LogP contribution in [0.2, 0.25) is 0 Å². The van der Waals surface area contributed by atoms with Gasteiger partial charge in [0.05, 0.1) is 39.5 Å². The summed E-state index contributed by atoms with van der Waals surface area (Å²) in [7, 11) is 0. The number of fused-ring (bicyclic) bond motifs is 15. The van der Waals surface area contributed by atoms with Gasteiger partial charge in [0, 0.05) is 121 Å². The van der Waals surface area contributed by atoms with Gasteiger partial charge in [-0.15, -0.1) is 71.3 Å². The Hall–Kier alpha value is -16.8. The Kier molecular flexibility index (Phi) is 23.6. The molecule has 11 nitrogen and oxygen atoms in total. The second-order valence-electron chi connectivity index (χ2n) is 38.2. The molecule has 26 aromatic rings. The van der Waals surface area contributed by atoms with Crippen LogP contribution in [0.25, 0.3) is 200 Å². The van der Waals surface area contributed by atoms with Crippen LogP contribution in [0.5, 0.6) is 0 Å². The van der Waals surface area contributed by atoms with Gasteiger partial charge in [-0.1, -0.05) is 266 Å². The first-order valence-corrected chi connectivity index (χ1v) is 49.3. The third-order valence-corrected chi connectivity index (χ3v) is 29.0. The van der Waals surface area contributed by atoms with E-state index in [0.717, 1.165) is 86.3 Å². The van der Waals surface area contributed by atoms with Gasteiger partial charge < -0.3 is 36.5 Å². The molecule has 0 bridgehead atoms. The monoisotopic (exact) mass is 2020 g/mol.